The van der Waals surface area contributed by atoms with Crippen molar-refractivity contribution in [1.82, 2.24) is 20.0 Å². The van der Waals surface area contributed by atoms with Crippen LogP contribution in [0.2, 0.25) is 0 Å². The van der Waals surface area contributed by atoms with Gasteiger partial charge in [0.25, 0.3) is 0 Å². The number of aromatic nitrogens is 2. The summed E-state index contributed by atoms with van der Waals surface area (Å²) in [5.74, 6) is 0. The van der Waals surface area contributed by atoms with E-state index in [0.717, 1.165) is 19.5 Å². The molecule has 0 atom stereocenters. The van der Waals surface area contributed by atoms with Crippen molar-refractivity contribution in [3.63, 3.8) is 0 Å². The van der Waals surface area contributed by atoms with Gasteiger partial charge in [0.05, 0.1) is 6.20 Å². The molecule has 0 bridgehead atoms. The van der Waals surface area contributed by atoms with Gasteiger partial charge in [0.1, 0.15) is 5.60 Å². The molecule has 0 spiro atoms. The lowest BCUT2D eigenvalue weighted by Gasteiger charge is -2.36. The van der Waals surface area contributed by atoms with Crippen molar-refractivity contribution in [3.05, 3.63) is 18.0 Å². The molecule has 0 aromatic carbocycles. The lowest BCUT2D eigenvalue weighted by Crippen LogP contribution is -2.50. The van der Waals surface area contributed by atoms with Gasteiger partial charge in [0.2, 0.25) is 0 Å². The lowest BCUT2D eigenvalue weighted by molar-refractivity contribution is 0.00666. The Morgan fingerprint density at radius 3 is 2.39 bits per heavy atom. The van der Waals surface area contributed by atoms with Gasteiger partial charge in [0, 0.05) is 31.9 Å². The van der Waals surface area contributed by atoms with Crippen LogP contribution in [-0.2, 0) is 18.2 Å². The minimum absolute atomic E-state index is 0.265. The van der Waals surface area contributed by atoms with Crippen LogP contribution >= 0.6 is 0 Å². The Hall–Kier alpha value is -1.56. The molecule has 23 heavy (non-hydrogen) atoms. The van der Waals surface area contributed by atoms with Gasteiger partial charge in [-0.05, 0) is 60.1 Å². The smallest absolute Gasteiger partial charge is 0.410 e. The number of hydrogen-bond acceptors (Lipinski definition) is 4. The second-order valence-electron chi connectivity index (χ2n) is 7.83. The molecule has 0 unspecified atom stereocenters. The molecule has 0 aliphatic rings. The Balaban J connectivity index is 2.41. The van der Waals surface area contributed by atoms with Crippen molar-refractivity contribution in [2.24, 2.45) is 7.05 Å². The van der Waals surface area contributed by atoms with Gasteiger partial charge in [-0.25, -0.2) is 4.79 Å². The Morgan fingerprint density at radius 2 is 1.91 bits per heavy atom. The molecule has 0 aliphatic carbocycles. The number of nitrogens with zero attached hydrogens (tertiary/aromatic N) is 3. The zero-order valence-corrected chi connectivity index (χ0v) is 15.6. The van der Waals surface area contributed by atoms with Crippen LogP contribution in [0.15, 0.2) is 12.4 Å². The van der Waals surface area contributed by atoms with Gasteiger partial charge < -0.3 is 15.0 Å². The second kappa shape index (κ2) is 7.81. The molecule has 1 N–H and O–H groups in total. The quantitative estimate of drug-likeness (QED) is 0.817. The maximum absolute atomic E-state index is 12.4. The first kappa shape index (κ1) is 19.5. The molecule has 1 amide bonds. The zero-order chi connectivity index (χ0) is 17.7. The van der Waals surface area contributed by atoms with Crippen molar-refractivity contribution >= 4 is 6.09 Å². The average Bonchev–Trinajstić information content (AvgIpc) is 2.75. The summed E-state index contributed by atoms with van der Waals surface area (Å²) in [6, 6.07) is 0. The normalized spacial score (nSPS) is 12.3. The third-order valence-electron chi connectivity index (χ3n) is 3.28. The third kappa shape index (κ3) is 7.50. The fourth-order valence-electron chi connectivity index (χ4n) is 2.17. The fraction of sp³-hybridized carbons (Fsp3) is 0.765. The number of ether oxygens (including phenoxy) is 1. The van der Waals surface area contributed by atoms with Crippen molar-refractivity contribution < 1.29 is 9.53 Å². The molecule has 1 aromatic heterocycles. The second-order valence-corrected chi connectivity index (χ2v) is 7.83. The van der Waals surface area contributed by atoms with Gasteiger partial charge in [-0.3, -0.25) is 4.68 Å². The summed E-state index contributed by atoms with van der Waals surface area (Å²) in [6.45, 7) is 13.9. The molecule has 6 nitrogen and oxygen atoms in total. The monoisotopic (exact) mass is 324 g/mol. The number of rotatable bonds is 6. The average molecular weight is 324 g/mol. The van der Waals surface area contributed by atoms with Crippen LogP contribution in [0, 0.1) is 0 Å². The van der Waals surface area contributed by atoms with Gasteiger partial charge in [-0.2, -0.15) is 5.10 Å². The largest absolute Gasteiger partial charge is 0.444 e. The van der Waals surface area contributed by atoms with Crippen LogP contribution in [0.25, 0.3) is 0 Å². The van der Waals surface area contributed by atoms with E-state index in [9.17, 15) is 4.79 Å². The van der Waals surface area contributed by atoms with E-state index in [0.29, 0.717) is 6.54 Å². The third-order valence-corrected chi connectivity index (χ3v) is 3.28. The highest BCUT2D eigenvalue weighted by Gasteiger charge is 2.30. The van der Waals surface area contributed by atoms with Gasteiger partial charge >= 0.3 is 6.09 Å². The van der Waals surface area contributed by atoms with E-state index < -0.39 is 5.60 Å². The molecule has 0 radical (unpaired) electrons. The summed E-state index contributed by atoms with van der Waals surface area (Å²) < 4.78 is 7.31. The molecule has 6 heteroatoms. The van der Waals surface area contributed by atoms with Crippen LogP contribution in [0.1, 0.15) is 47.1 Å². The van der Waals surface area contributed by atoms with Gasteiger partial charge in [-0.15, -0.1) is 0 Å². The van der Waals surface area contributed by atoms with E-state index in [1.165, 1.54) is 5.56 Å². The van der Waals surface area contributed by atoms with E-state index in [1.807, 2.05) is 61.0 Å². The molecule has 132 valence electrons. The van der Waals surface area contributed by atoms with Gasteiger partial charge in [0.15, 0.2) is 0 Å². The van der Waals surface area contributed by atoms with E-state index in [1.54, 1.807) is 9.58 Å². The topological polar surface area (TPSA) is 59.4 Å². The number of carbonyl (C=O) groups is 1. The summed E-state index contributed by atoms with van der Waals surface area (Å²) in [5.41, 5.74) is 0.460. The minimum Gasteiger partial charge on any atom is -0.444 e. The Morgan fingerprint density at radius 1 is 1.26 bits per heavy atom. The van der Waals surface area contributed by atoms with Crippen LogP contribution in [0.3, 0.4) is 0 Å². The Kier molecular flexibility index (Phi) is 6.62. The van der Waals surface area contributed by atoms with Crippen molar-refractivity contribution in [2.75, 3.05) is 19.6 Å². The Labute approximate surface area is 140 Å². The zero-order valence-electron chi connectivity index (χ0n) is 15.6. The van der Waals surface area contributed by atoms with Crippen molar-refractivity contribution in [2.45, 2.75) is 59.1 Å². The number of aryl methyl sites for hydroxylation is 1. The highest BCUT2D eigenvalue weighted by Crippen LogP contribution is 2.17. The SMILES string of the molecule is Cn1cc(CCNCCN(C(=O)OC(C)(C)C)C(C)(C)C)cn1. The Bertz CT molecular complexity index is 497. The standard InChI is InChI=1S/C17H32N4O2/c1-16(2,3)21(15(22)23-17(4,5)6)11-10-18-9-8-14-12-19-20(7)13-14/h12-13,18H,8-11H2,1-7H3. The highest BCUT2D eigenvalue weighted by atomic mass is 16.6. The molecule has 0 saturated carbocycles. The minimum atomic E-state index is -0.478. The molecule has 0 saturated heterocycles. The summed E-state index contributed by atoms with van der Waals surface area (Å²) >= 11 is 0. The number of nitrogens with one attached hydrogen (secondary N) is 1. The molecule has 1 rings (SSSR count). The summed E-state index contributed by atoms with van der Waals surface area (Å²) in [5, 5.41) is 7.53. The van der Waals surface area contributed by atoms with E-state index in [4.69, 9.17) is 4.74 Å². The van der Waals surface area contributed by atoms with Crippen LogP contribution < -0.4 is 5.32 Å². The van der Waals surface area contributed by atoms with Crippen molar-refractivity contribution in [1.29, 1.82) is 0 Å². The van der Waals surface area contributed by atoms with E-state index in [-0.39, 0.29) is 11.6 Å². The first-order chi connectivity index (χ1) is 10.5. The number of amides is 1. The van der Waals surface area contributed by atoms with E-state index in [2.05, 4.69) is 10.4 Å². The van der Waals surface area contributed by atoms with Crippen LogP contribution in [-0.4, -0.2) is 51.5 Å². The van der Waals surface area contributed by atoms with Crippen LogP contribution in [0.4, 0.5) is 4.79 Å². The highest BCUT2D eigenvalue weighted by molar-refractivity contribution is 5.69. The number of carbonyl (C=O) groups excluding carboxylic acids is 1. The maximum atomic E-state index is 12.4. The first-order valence-corrected chi connectivity index (χ1v) is 8.18. The predicted molar refractivity (Wildman–Crippen MR) is 92.5 cm³/mol. The molecule has 0 aliphatic heterocycles. The molecule has 0 fully saturated rings. The summed E-state index contributed by atoms with van der Waals surface area (Å²) in [6.07, 6.45) is 4.56. The maximum Gasteiger partial charge on any atom is 0.410 e. The summed E-state index contributed by atoms with van der Waals surface area (Å²) in [4.78, 5) is 14.1. The molecule has 1 heterocycles. The molecule has 1 aromatic rings. The lowest BCUT2D eigenvalue weighted by atomic mass is 10.1. The molecular weight excluding hydrogens is 292 g/mol. The number of hydrogen-bond donors (Lipinski definition) is 1. The van der Waals surface area contributed by atoms with Gasteiger partial charge in [-0.1, -0.05) is 0 Å². The summed E-state index contributed by atoms with van der Waals surface area (Å²) in [7, 11) is 1.92. The fourth-order valence-corrected chi connectivity index (χ4v) is 2.17. The van der Waals surface area contributed by atoms with Crippen molar-refractivity contribution in [3.8, 4) is 0 Å². The van der Waals surface area contributed by atoms with E-state index >= 15 is 0 Å². The first-order valence-electron chi connectivity index (χ1n) is 8.18. The molecular formula is C17H32N4O2. The predicted octanol–water partition coefficient (Wildman–Crippen LogP) is 2.59. The van der Waals surface area contributed by atoms with Crippen LogP contribution in [0.5, 0.6) is 0 Å².